The number of hydrogen-bond donors (Lipinski definition) is 1. The molecule has 1 N–H and O–H groups in total. The Bertz CT molecular complexity index is 964. The average Bonchev–Trinajstić information content (AvgIpc) is 2.69. The van der Waals surface area contributed by atoms with Crippen molar-refractivity contribution in [3.05, 3.63) is 58.8 Å². The van der Waals surface area contributed by atoms with E-state index >= 15 is 0 Å². The van der Waals surface area contributed by atoms with E-state index in [-0.39, 0.29) is 21.9 Å². The lowest BCUT2D eigenvalue weighted by atomic mass is 9.98. The van der Waals surface area contributed by atoms with Gasteiger partial charge < -0.3 is 9.88 Å². The Morgan fingerprint density at radius 2 is 2.00 bits per heavy atom. The zero-order valence-corrected chi connectivity index (χ0v) is 15.9. The van der Waals surface area contributed by atoms with E-state index in [0.717, 1.165) is 0 Å². The van der Waals surface area contributed by atoms with Crippen LogP contribution in [0.5, 0.6) is 0 Å². The highest BCUT2D eigenvalue weighted by atomic mass is 32.2. The lowest BCUT2D eigenvalue weighted by Gasteiger charge is -2.31. The van der Waals surface area contributed by atoms with Gasteiger partial charge in [0.2, 0.25) is 10.0 Å². The molecule has 3 rings (SSSR count). The molecule has 1 amide bonds. The van der Waals surface area contributed by atoms with Gasteiger partial charge in [-0.2, -0.15) is 4.31 Å². The maximum absolute atomic E-state index is 12.6. The van der Waals surface area contributed by atoms with Crippen molar-refractivity contribution in [2.45, 2.75) is 17.7 Å². The molecule has 0 unspecified atom stereocenters. The maximum Gasteiger partial charge on any atom is 0.263 e. The van der Waals surface area contributed by atoms with Crippen LogP contribution in [0.4, 0.5) is 0 Å². The number of aromatic nitrogens is 2. The molecule has 0 atom stereocenters. The van der Waals surface area contributed by atoms with Crippen molar-refractivity contribution in [3.8, 4) is 0 Å². The number of carbonyl (C=O) groups is 1. The monoisotopic (exact) mass is 390 g/mol. The molecular formula is C18H22N4O4S. The van der Waals surface area contributed by atoms with Crippen LogP contribution in [0.1, 0.15) is 23.2 Å². The van der Waals surface area contributed by atoms with Gasteiger partial charge in [-0.1, -0.05) is 0 Å². The molecule has 1 saturated heterocycles. The minimum Gasteiger partial charge on any atom is -0.352 e. The summed E-state index contributed by atoms with van der Waals surface area (Å²) in [6, 6.07) is 6.29. The molecule has 0 bridgehead atoms. The number of amides is 1. The highest BCUT2D eigenvalue weighted by molar-refractivity contribution is 7.89. The number of pyridine rings is 2. The van der Waals surface area contributed by atoms with Crippen molar-refractivity contribution >= 4 is 15.9 Å². The van der Waals surface area contributed by atoms with Crippen LogP contribution < -0.4 is 10.9 Å². The third-order valence-electron chi connectivity index (χ3n) is 4.76. The standard InChI is InChI=1S/C18H22N4O4S/c1-21-9-3-5-16(18(21)24)17(23)20-12-14-6-10-22(11-7-14)27(25,26)15-4-2-8-19-13-15/h2-5,8-9,13-14H,6-7,10-12H2,1H3,(H,20,23). The first-order valence-electron chi connectivity index (χ1n) is 8.73. The number of aryl methyl sites for hydroxylation is 1. The molecule has 3 heterocycles. The third-order valence-corrected chi connectivity index (χ3v) is 6.65. The smallest absolute Gasteiger partial charge is 0.263 e. The van der Waals surface area contributed by atoms with Crippen LogP contribution in [0.3, 0.4) is 0 Å². The largest absolute Gasteiger partial charge is 0.352 e. The van der Waals surface area contributed by atoms with Gasteiger partial charge in [-0.25, -0.2) is 8.42 Å². The number of hydrogen-bond acceptors (Lipinski definition) is 5. The molecule has 2 aromatic rings. The van der Waals surface area contributed by atoms with Gasteiger partial charge in [0, 0.05) is 45.3 Å². The molecule has 0 aliphatic carbocycles. The fourth-order valence-corrected chi connectivity index (χ4v) is 4.54. The minimum absolute atomic E-state index is 0.108. The SMILES string of the molecule is Cn1cccc(C(=O)NCC2CCN(S(=O)(=O)c3cccnc3)CC2)c1=O. The lowest BCUT2D eigenvalue weighted by Crippen LogP contribution is -2.42. The van der Waals surface area contributed by atoms with Crippen molar-refractivity contribution in [3.63, 3.8) is 0 Å². The molecule has 2 aromatic heterocycles. The van der Waals surface area contributed by atoms with Crippen LogP contribution in [0.2, 0.25) is 0 Å². The Kier molecular flexibility index (Phi) is 5.71. The van der Waals surface area contributed by atoms with E-state index in [9.17, 15) is 18.0 Å². The molecular weight excluding hydrogens is 368 g/mol. The molecule has 27 heavy (non-hydrogen) atoms. The van der Waals surface area contributed by atoms with Crippen LogP contribution in [0.25, 0.3) is 0 Å². The van der Waals surface area contributed by atoms with Gasteiger partial charge in [-0.05, 0) is 43.0 Å². The van der Waals surface area contributed by atoms with Gasteiger partial charge in [0.1, 0.15) is 10.5 Å². The summed E-state index contributed by atoms with van der Waals surface area (Å²) in [7, 11) is -1.94. The Balaban J connectivity index is 1.55. The van der Waals surface area contributed by atoms with Gasteiger partial charge in [0.15, 0.2) is 0 Å². The summed E-state index contributed by atoms with van der Waals surface area (Å²) < 4.78 is 28.0. The normalized spacial score (nSPS) is 16.2. The zero-order valence-electron chi connectivity index (χ0n) is 15.0. The number of rotatable bonds is 5. The van der Waals surface area contributed by atoms with Crippen LogP contribution >= 0.6 is 0 Å². The minimum atomic E-state index is -3.53. The summed E-state index contributed by atoms with van der Waals surface area (Å²) in [4.78, 5) is 28.3. The van der Waals surface area contributed by atoms with Crippen molar-refractivity contribution in [2.75, 3.05) is 19.6 Å². The summed E-state index contributed by atoms with van der Waals surface area (Å²) in [5.41, 5.74) is -0.232. The molecule has 144 valence electrons. The molecule has 0 saturated carbocycles. The zero-order chi connectivity index (χ0) is 19.4. The Labute approximate surface area is 157 Å². The lowest BCUT2D eigenvalue weighted by molar-refractivity contribution is 0.0939. The second kappa shape index (κ2) is 8.01. The summed E-state index contributed by atoms with van der Waals surface area (Å²) in [5, 5.41) is 2.79. The quantitative estimate of drug-likeness (QED) is 0.806. The summed E-state index contributed by atoms with van der Waals surface area (Å²) in [6.07, 6.45) is 5.77. The predicted molar refractivity (Wildman–Crippen MR) is 99.7 cm³/mol. The fourth-order valence-electron chi connectivity index (χ4n) is 3.10. The average molecular weight is 390 g/mol. The molecule has 1 fully saturated rings. The van der Waals surface area contributed by atoms with Gasteiger partial charge >= 0.3 is 0 Å². The Morgan fingerprint density at radius 3 is 2.67 bits per heavy atom. The van der Waals surface area contributed by atoms with Gasteiger partial charge in [0.05, 0.1) is 0 Å². The van der Waals surface area contributed by atoms with E-state index in [0.29, 0.717) is 32.5 Å². The second-order valence-corrected chi connectivity index (χ2v) is 8.52. The topological polar surface area (TPSA) is 101 Å². The molecule has 0 aromatic carbocycles. The molecule has 0 spiro atoms. The van der Waals surface area contributed by atoms with Crippen molar-refractivity contribution in [1.29, 1.82) is 0 Å². The van der Waals surface area contributed by atoms with Crippen LogP contribution in [-0.2, 0) is 17.1 Å². The van der Waals surface area contributed by atoms with E-state index in [2.05, 4.69) is 10.3 Å². The van der Waals surface area contributed by atoms with Crippen molar-refractivity contribution < 1.29 is 13.2 Å². The van der Waals surface area contributed by atoms with E-state index in [4.69, 9.17) is 0 Å². The number of carbonyl (C=O) groups excluding carboxylic acids is 1. The maximum atomic E-state index is 12.6. The van der Waals surface area contributed by atoms with Crippen LogP contribution in [-0.4, -0.2) is 47.8 Å². The first kappa shape index (κ1) is 19.2. The Hall–Kier alpha value is -2.52. The van der Waals surface area contributed by atoms with E-state index in [1.165, 1.54) is 33.4 Å². The van der Waals surface area contributed by atoms with E-state index in [1.807, 2.05) is 0 Å². The Morgan fingerprint density at radius 1 is 1.26 bits per heavy atom. The third kappa shape index (κ3) is 4.25. The summed E-state index contributed by atoms with van der Waals surface area (Å²) in [5.74, 6) is -0.233. The van der Waals surface area contributed by atoms with Gasteiger partial charge in [0.25, 0.3) is 11.5 Å². The molecule has 0 radical (unpaired) electrons. The predicted octanol–water partition coefficient (Wildman–Crippen LogP) is 0.611. The first-order chi connectivity index (χ1) is 12.9. The van der Waals surface area contributed by atoms with Crippen molar-refractivity contribution in [1.82, 2.24) is 19.2 Å². The summed E-state index contributed by atoms with van der Waals surface area (Å²) in [6.45, 7) is 1.20. The molecule has 9 heteroatoms. The van der Waals surface area contributed by atoms with Crippen LogP contribution in [0.15, 0.2) is 52.5 Å². The van der Waals surface area contributed by atoms with E-state index in [1.54, 1.807) is 25.4 Å². The first-order valence-corrected chi connectivity index (χ1v) is 10.2. The molecule has 8 nitrogen and oxygen atoms in total. The highest BCUT2D eigenvalue weighted by Crippen LogP contribution is 2.23. The van der Waals surface area contributed by atoms with Crippen LogP contribution in [0, 0.1) is 5.92 Å². The number of nitrogens with zero attached hydrogens (tertiary/aromatic N) is 3. The van der Waals surface area contributed by atoms with Gasteiger partial charge in [-0.15, -0.1) is 0 Å². The van der Waals surface area contributed by atoms with Crippen molar-refractivity contribution in [2.24, 2.45) is 13.0 Å². The molecule has 1 aliphatic rings. The summed E-state index contributed by atoms with van der Waals surface area (Å²) >= 11 is 0. The fraction of sp³-hybridized carbons (Fsp3) is 0.389. The van der Waals surface area contributed by atoms with Gasteiger partial charge in [-0.3, -0.25) is 14.6 Å². The second-order valence-electron chi connectivity index (χ2n) is 6.58. The highest BCUT2D eigenvalue weighted by Gasteiger charge is 2.29. The number of nitrogens with one attached hydrogen (secondary N) is 1. The number of piperidine rings is 1. The van der Waals surface area contributed by atoms with E-state index < -0.39 is 15.9 Å². The molecule has 1 aliphatic heterocycles. The number of sulfonamides is 1.